The molecule has 0 radical (unpaired) electrons. The molecule has 0 aliphatic heterocycles. The molecule has 0 heterocycles. The highest BCUT2D eigenvalue weighted by Crippen LogP contribution is 2.36. The third-order valence-electron chi connectivity index (χ3n) is 9.55. The highest BCUT2D eigenvalue weighted by molar-refractivity contribution is 5.83. The highest BCUT2D eigenvalue weighted by Gasteiger charge is 2.33. The molecule has 47 heavy (non-hydrogen) atoms. The second-order valence-electron chi connectivity index (χ2n) is 13.7. The Balaban J connectivity index is 1.80. The van der Waals surface area contributed by atoms with E-state index in [9.17, 15) is 19.2 Å². The summed E-state index contributed by atoms with van der Waals surface area (Å²) in [6, 6.07) is -0.977. The topological polar surface area (TPSA) is 129 Å². The third kappa shape index (κ3) is 17.7. The van der Waals surface area contributed by atoms with E-state index >= 15 is 0 Å². The Morgan fingerprint density at radius 1 is 0.511 bits per heavy atom. The first kappa shape index (κ1) is 41.0. The molecule has 0 bridgehead atoms. The van der Waals surface area contributed by atoms with Crippen LogP contribution in [0.25, 0.3) is 0 Å². The summed E-state index contributed by atoms with van der Waals surface area (Å²) in [4.78, 5) is 50.5. The van der Waals surface area contributed by atoms with Gasteiger partial charge in [0, 0.05) is 12.1 Å². The molecule has 0 aromatic rings. The summed E-state index contributed by atoms with van der Waals surface area (Å²) in [6.45, 7) is 9.71. The average Bonchev–Trinajstić information content (AvgIpc) is 3.06. The number of hydrogen-bond acceptors (Lipinski definition) is 10. The lowest BCUT2D eigenvalue weighted by atomic mass is 9.75. The van der Waals surface area contributed by atoms with Gasteiger partial charge in [-0.3, -0.25) is 19.2 Å². The standard InChI is InChI=1S/C37H66N2O8/c1-5-9-21-44-34(40)26-32(36(42)46-23-11-7-3)38-30-17-13-28(14-18-30)25-29-15-19-31(20-16-29)39-33(37(43)47-24-12-8-4)27-35(41)45-22-10-6-2/h28-33,38-39H,5-27H2,1-4H3/t28?,29?,30?,31?,32-,33-/m0/s1. The molecule has 10 heteroatoms. The van der Waals surface area contributed by atoms with Crippen molar-refractivity contribution < 1.29 is 38.1 Å². The van der Waals surface area contributed by atoms with Crippen LogP contribution < -0.4 is 10.6 Å². The Morgan fingerprint density at radius 3 is 1.15 bits per heavy atom. The zero-order valence-electron chi connectivity index (χ0n) is 30.0. The largest absolute Gasteiger partial charge is 0.466 e. The maximum Gasteiger partial charge on any atom is 0.323 e. The van der Waals surface area contributed by atoms with Gasteiger partial charge in [0.2, 0.25) is 0 Å². The molecule has 0 aromatic heterocycles. The second-order valence-corrected chi connectivity index (χ2v) is 13.7. The van der Waals surface area contributed by atoms with Crippen molar-refractivity contribution in [2.24, 2.45) is 11.8 Å². The molecule has 0 spiro atoms. The van der Waals surface area contributed by atoms with Crippen molar-refractivity contribution in [1.82, 2.24) is 10.6 Å². The van der Waals surface area contributed by atoms with Gasteiger partial charge < -0.3 is 29.6 Å². The Labute approximate surface area is 284 Å². The summed E-state index contributed by atoms with van der Waals surface area (Å²) in [5, 5.41) is 6.90. The molecule has 2 rings (SSSR count). The van der Waals surface area contributed by atoms with Crippen LogP contribution in [0.5, 0.6) is 0 Å². The van der Waals surface area contributed by atoms with Crippen LogP contribution in [-0.4, -0.2) is 74.5 Å². The molecule has 2 fully saturated rings. The van der Waals surface area contributed by atoms with E-state index in [0.29, 0.717) is 38.3 Å². The minimum atomic E-state index is -0.670. The molecule has 2 N–H and O–H groups in total. The van der Waals surface area contributed by atoms with Crippen molar-refractivity contribution in [2.75, 3.05) is 26.4 Å². The van der Waals surface area contributed by atoms with Crippen LogP contribution in [0.1, 0.15) is 150 Å². The number of ether oxygens (including phenoxy) is 4. The van der Waals surface area contributed by atoms with E-state index in [0.717, 1.165) is 103 Å². The molecule has 272 valence electrons. The molecule has 10 nitrogen and oxygen atoms in total. The van der Waals surface area contributed by atoms with Crippen LogP contribution in [0.4, 0.5) is 0 Å². The van der Waals surface area contributed by atoms with Crippen LogP contribution in [0.15, 0.2) is 0 Å². The van der Waals surface area contributed by atoms with Crippen LogP contribution in [0, 0.1) is 11.8 Å². The van der Waals surface area contributed by atoms with E-state index in [-0.39, 0.29) is 48.8 Å². The first-order valence-electron chi connectivity index (χ1n) is 19.0. The summed E-state index contributed by atoms with van der Waals surface area (Å²) >= 11 is 0. The van der Waals surface area contributed by atoms with Crippen LogP contribution in [-0.2, 0) is 38.1 Å². The highest BCUT2D eigenvalue weighted by atomic mass is 16.5. The molecular weight excluding hydrogens is 600 g/mol. The van der Waals surface area contributed by atoms with E-state index in [2.05, 4.69) is 24.5 Å². The van der Waals surface area contributed by atoms with Crippen LogP contribution in [0.2, 0.25) is 0 Å². The van der Waals surface area contributed by atoms with E-state index in [4.69, 9.17) is 18.9 Å². The van der Waals surface area contributed by atoms with E-state index in [1.807, 2.05) is 13.8 Å². The number of unbranched alkanes of at least 4 members (excludes halogenated alkanes) is 4. The monoisotopic (exact) mass is 666 g/mol. The van der Waals surface area contributed by atoms with Crippen molar-refractivity contribution in [3.63, 3.8) is 0 Å². The maximum atomic E-state index is 12.8. The fraction of sp³-hybridized carbons (Fsp3) is 0.892. The van der Waals surface area contributed by atoms with Gasteiger partial charge in [0.25, 0.3) is 0 Å². The van der Waals surface area contributed by atoms with Gasteiger partial charge in [0.05, 0.1) is 39.3 Å². The first-order chi connectivity index (χ1) is 22.8. The van der Waals surface area contributed by atoms with Gasteiger partial charge in [-0.1, -0.05) is 53.4 Å². The zero-order valence-corrected chi connectivity index (χ0v) is 30.0. The smallest absolute Gasteiger partial charge is 0.323 e. The number of carbonyl (C=O) groups is 4. The van der Waals surface area contributed by atoms with Gasteiger partial charge in [-0.25, -0.2) is 0 Å². The number of hydrogen-bond donors (Lipinski definition) is 2. The molecular formula is C37H66N2O8. The van der Waals surface area contributed by atoms with Gasteiger partial charge in [-0.2, -0.15) is 0 Å². The second kappa shape index (κ2) is 24.9. The Hall–Kier alpha value is -2.20. The van der Waals surface area contributed by atoms with Crippen LogP contribution >= 0.6 is 0 Å². The number of carbonyl (C=O) groups excluding carboxylic acids is 4. The van der Waals surface area contributed by atoms with Crippen molar-refractivity contribution in [2.45, 2.75) is 174 Å². The molecule has 0 amide bonds. The minimum Gasteiger partial charge on any atom is -0.466 e. The normalized spacial score (nSPS) is 22.6. The fourth-order valence-corrected chi connectivity index (χ4v) is 6.54. The number of rotatable bonds is 24. The van der Waals surface area contributed by atoms with Crippen LogP contribution in [0.3, 0.4) is 0 Å². The minimum absolute atomic E-state index is 0.00321. The summed E-state index contributed by atoms with van der Waals surface area (Å²) < 4.78 is 21.6. The molecule has 0 aromatic carbocycles. The molecule has 0 unspecified atom stereocenters. The molecule has 2 aliphatic carbocycles. The Kier molecular flexibility index (Phi) is 21.7. The Bertz CT molecular complexity index is 814. The Morgan fingerprint density at radius 2 is 0.830 bits per heavy atom. The maximum absolute atomic E-state index is 12.8. The summed E-state index contributed by atoms with van der Waals surface area (Å²) in [6.07, 6.45) is 16.5. The van der Waals surface area contributed by atoms with Gasteiger partial charge >= 0.3 is 23.9 Å². The van der Waals surface area contributed by atoms with Crippen molar-refractivity contribution in [1.29, 1.82) is 0 Å². The SMILES string of the molecule is CCCCOC(=O)C[C@H](NC1CCC(CC2CCC(N[C@@H](CC(=O)OCCCC)C(=O)OCCCC)CC2)CC1)C(=O)OCCCC. The van der Waals surface area contributed by atoms with Crippen molar-refractivity contribution in [3.8, 4) is 0 Å². The number of nitrogens with one attached hydrogen (secondary N) is 2. The fourth-order valence-electron chi connectivity index (χ4n) is 6.54. The molecule has 2 aliphatic rings. The van der Waals surface area contributed by atoms with E-state index < -0.39 is 12.1 Å². The average molecular weight is 667 g/mol. The zero-order chi connectivity index (χ0) is 34.3. The summed E-state index contributed by atoms with van der Waals surface area (Å²) in [5.74, 6) is -0.125. The predicted molar refractivity (Wildman–Crippen MR) is 183 cm³/mol. The lowest BCUT2D eigenvalue weighted by molar-refractivity contribution is -0.153. The van der Waals surface area contributed by atoms with Gasteiger partial charge in [-0.05, 0) is 95.3 Å². The number of esters is 4. The van der Waals surface area contributed by atoms with Gasteiger partial charge in [0.15, 0.2) is 0 Å². The van der Waals surface area contributed by atoms with E-state index in [1.54, 1.807) is 0 Å². The first-order valence-corrected chi connectivity index (χ1v) is 19.0. The van der Waals surface area contributed by atoms with Gasteiger partial charge in [-0.15, -0.1) is 0 Å². The summed E-state index contributed by atoms with van der Waals surface area (Å²) in [5.41, 5.74) is 0. The lowest BCUT2D eigenvalue weighted by Crippen LogP contribution is -2.47. The molecule has 0 saturated heterocycles. The quantitative estimate of drug-likeness (QED) is 0.0664. The van der Waals surface area contributed by atoms with Crippen molar-refractivity contribution in [3.05, 3.63) is 0 Å². The molecule has 2 atom stereocenters. The molecule has 2 saturated carbocycles. The van der Waals surface area contributed by atoms with E-state index in [1.165, 1.54) is 6.42 Å². The third-order valence-corrected chi connectivity index (χ3v) is 9.55. The predicted octanol–water partition coefficient (Wildman–Crippen LogP) is 6.56. The van der Waals surface area contributed by atoms with Crippen molar-refractivity contribution >= 4 is 23.9 Å². The van der Waals surface area contributed by atoms with Gasteiger partial charge in [0.1, 0.15) is 12.1 Å². The summed E-state index contributed by atoms with van der Waals surface area (Å²) in [7, 11) is 0. The lowest BCUT2D eigenvalue weighted by Gasteiger charge is -2.36.